The molecule has 0 saturated heterocycles. The molecule has 2 rings (SSSR count). The molecule has 1 aromatic rings. The predicted molar refractivity (Wildman–Crippen MR) is 77.0 cm³/mol. The number of nitrogens with two attached hydrogens (primary N) is 1. The van der Waals surface area contributed by atoms with Crippen LogP contribution < -0.4 is 5.73 Å². The number of rotatable bonds is 2. The second-order valence-electron chi connectivity index (χ2n) is 4.37. The predicted octanol–water partition coefficient (Wildman–Crippen LogP) is 4.42. The van der Waals surface area contributed by atoms with E-state index in [1.54, 1.807) is 6.07 Å². The van der Waals surface area contributed by atoms with Gasteiger partial charge in [-0.3, -0.25) is 0 Å². The molecular formula is C12H16BrCl2NO. The Bertz CT molecular complexity index is 394. The molecular weight excluding hydrogens is 325 g/mol. The molecule has 0 bridgehead atoms. The third-order valence-electron chi connectivity index (χ3n) is 3.37. The Morgan fingerprint density at radius 3 is 2.53 bits per heavy atom. The van der Waals surface area contributed by atoms with Gasteiger partial charge in [0.15, 0.2) is 0 Å². The Labute approximate surface area is 121 Å². The molecule has 0 amide bonds. The minimum Gasteiger partial charge on any atom is -0.506 e. The fourth-order valence-electron chi connectivity index (χ4n) is 2.39. The van der Waals surface area contributed by atoms with E-state index in [4.69, 9.17) is 17.3 Å². The molecule has 0 aromatic heterocycles. The fraction of sp³-hybridized carbons (Fsp3) is 0.500. The average molecular weight is 341 g/mol. The summed E-state index contributed by atoms with van der Waals surface area (Å²) in [6, 6.07) is 3.51. The standard InChI is InChI=1S/C12H15BrClNO.ClH/c13-10-9(14)6-5-8(12(10)16)11(15)7-3-1-2-4-7;/h5-7,11,16H,1-4,15H2;1H/t11-;/m0./s1. The summed E-state index contributed by atoms with van der Waals surface area (Å²) in [5.41, 5.74) is 6.99. The zero-order chi connectivity index (χ0) is 11.7. The Balaban J connectivity index is 0.00000144. The molecule has 1 aromatic carbocycles. The normalized spacial score (nSPS) is 17.8. The maximum absolute atomic E-state index is 10.00. The molecule has 96 valence electrons. The van der Waals surface area contributed by atoms with Crippen LogP contribution in [0.15, 0.2) is 16.6 Å². The van der Waals surface area contributed by atoms with Gasteiger partial charge in [0.05, 0.1) is 9.50 Å². The zero-order valence-corrected chi connectivity index (χ0v) is 12.5. The first-order chi connectivity index (χ1) is 7.61. The van der Waals surface area contributed by atoms with E-state index in [1.165, 1.54) is 12.8 Å². The van der Waals surface area contributed by atoms with Crippen molar-refractivity contribution in [2.75, 3.05) is 0 Å². The lowest BCUT2D eigenvalue weighted by Gasteiger charge is -2.20. The minimum absolute atomic E-state index is 0. The van der Waals surface area contributed by atoms with Crippen molar-refractivity contribution in [2.45, 2.75) is 31.7 Å². The zero-order valence-electron chi connectivity index (χ0n) is 9.33. The van der Waals surface area contributed by atoms with Crippen LogP contribution in [0.1, 0.15) is 37.3 Å². The second-order valence-corrected chi connectivity index (χ2v) is 5.57. The van der Waals surface area contributed by atoms with Gasteiger partial charge in [0.2, 0.25) is 0 Å². The van der Waals surface area contributed by atoms with Gasteiger partial charge in [0, 0.05) is 11.6 Å². The SMILES string of the molecule is Cl.N[C@H](c1ccc(Cl)c(Br)c1O)C1CCCC1. The summed E-state index contributed by atoms with van der Waals surface area (Å²) in [6.45, 7) is 0. The number of benzene rings is 1. The second kappa shape index (κ2) is 6.28. The van der Waals surface area contributed by atoms with E-state index in [1.807, 2.05) is 6.07 Å². The van der Waals surface area contributed by atoms with Gasteiger partial charge in [-0.1, -0.05) is 30.5 Å². The Morgan fingerprint density at radius 1 is 1.35 bits per heavy atom. The molecule has 0 heterocycles. The summed E-state index contributed by atoms with van der Waals surface area (Å²) in [5, 5.41) is 10.5. The molecule has 0 unspecified atom stereocenters. The first-order valence-corrected chi connectivity index (χ1v) is 6.71. The van der Waals surface area contributed by atoms with Gasteiger partial charge in [-0.25, -0.2) is 0 Å². The first-order valence-electron chi connectivity index (χ1n) is 5.53. The van der Waals surface area contributed by atoms with Crippen LogP contribution in [-0.4, -0.2) is 5.11 Å². The third-order valence-corrected chi connectivity index (χ3v) is 4.71. The summed E-state index contributed by atoms with van der Waals surface area (Å²) in [4.78, 5) is 0. The average Bonchev–Trinajstić information content (AvgIpc) is 2.79. The highest BCUT2D eigenvalue weighted by atomic mass is 79.9. The van der Waals surface area contributed by atoms with Gasteiger partial charge in [-0.05, 0) is 40.8 Å². The first kappa shape index (κ1) is 15.1. The maximum atomic E-state index is 10.00. The van der Waals surface area contributed by atoms with Crippen molar-refractivity contribution in [1.29, 1.82) is 0 Å². The van der Waals surface area contributed by atoms with Gasteiger partial charge in [-0.15, -0.1) is 12.4 Å². The van der Waals surface area contributed by atoms with Gasteiger partial charge >= 0.3 is 0 Å². The Hall–Kier alpha value is 0.0400. The third kappa shape index (κ3) is 3.08. The van der Waals surface area contributed by atoms with Gasteiger partial charge in [-0.2, -0.15) is 0 Å². The lowest BCUT2D eigenvalue weighted by molar-refractivity contribution is 0.411. The number of phenolic OH excluding ortho intramolecular Hbond substituents is 1. The van der Waals surface area contributed by atoms with Crippen LogP contribution in [0.25, 0.3) is 0 Å². The summed E-state index contributed by atoms with van der Waals surface area (Å²) in [7, 11) is 0. The lowest BCUT2D eigenvalue weighted by Crippen LogP contribution is -2.19. The van der Waals surface area contributed by atoms with Crippen LogP contribution in [0, 0.1) is 5.92 Å². The quantitative estimate of drug-likeness (QED) is 0.837. The van der Waals surface area contributed by atoms with Crippen molar-refractivity contribution in [3.05, 3.63) is 27.2 Å². The number of halogens is 3. The number of hydrogen-bond acceptors (Lipinski definition) is 2. The topological polar surface area (TPSA) is 46.2 Å². The number of phenols is 1. The van der Waals surface area contributed by atoms with E-state index in [-0.39, 0.29) is 24.2 Å². The van der Waals surface area contributed by atoms with Gasteiger partial charge < -0.3 is 10.8 Å². The van der Waals surface area contributed by atoms with Crippen molar-refractivity contribution in [2.24, 2.45) is 11.7 Å². The minimum atomic E-state index is -0.0870. The van der Waals surface area contributed by atoms with E-state index < -0.39 is 0 Å². The molecule has 1 aliphatic carbocycles. The molecule has 0 spiro atoms. The van der Waals surface area contributed by atoms with Crippen molar-refractivity contribution in [3.63, 3.8) is 0 Å². The Morgan fingerprint density at radius 2 is 1.94 bits per heavy atom. The highest BCUT2D eigenvalue weighted by Crippen LogP contribution is 2.41. The summed E-state index contributed by atoms with van der Waals surface area (Å²) in [6.07, 6.45) is 4.80. The van der Waals surface area contributed by atoms with Crippen LogP contribution in [0.3, 0.4) is 0 Å². The van der Waals surface area contributed by atoms with E-state index in [0.29, 0.717) is 15.4 Å². The number of hydrogen-bond donors (Lipinski definition) is 2. The highest BCUT2D eigenvalue weighted by molar-refractivity contribution is 9.10. The van der Waals surface area contributed by atoms with E-state index in [9.17, 15) is 5.11 Å². The summed E-state index contributed by atoms with van der Waals surface area (Å²) >= 11 is 9.17. The molecule has 1 aliphatic rings. The van der Waals surface area contributed by atoms with E-state index in [0.717, 1.165) is 18.4 Å². The van der Waals surface area contributed by atoms with Gasteiger partial charge in [0.25, 0.3) is 0 Å². The van der Waals surface area contributed by atoms with Crippen LogP contribution in [0.4, 0.5) is 0 Å². The van der Waals surface area contributed by atoms with Crippen LogP contribution in [-0.2, 0) is 0 Å². The number of aromatic hydroxyl groups is 1. The largest absolute Gasteiger partial charge is 0.506 e. The molecule has 2 nitrogen and oxygen atoms in total. The lowest BCUT2D eigenvalue weighted by atomic mass is 9.92. The van der Waals surface area contributed by atoms with Crippen molar-refractivity contribution < 1.29 is 5.11 Å². The van der Waals surface area contributed by atoms with Gasteiger partial charge in [0.1, 0.15) is 5.75 Å². The molecule has 1 atom stereocenters. The monoisotopic (exact) mass is 339 g/mol. The molecule has 0 radical (unpaired) electrons. The smallest absolute Gasteiger partial charge is 0.136 e. The van der Waals surface area contributed by atoms with E-state index >= 15 is 0 Å². The molecule has 1 fully saturated rings. The van der Waals surface area contributed by atoms with Crippen molar-refractivity contribution in [3.8, 4) is 5.75 Å². The summed E-state index contributed by atoms with van der Waals surface area (Å²) < 4.78 is 0.542. The molecule has 1 saturated carbocycles. The van der Waals surface area contributed by atoms with Crippen molar-refractivity contribution >= 4 is 39.9 Å². The Kier molecular flexibility index (Phi) is 5.58. The fourth-order valence-corrected chi connectivity index (χ4v) is 2.91. The maximum Gasteiger partial charge on any atom is 0.136 e. The molecule has 3 N–H and O–H groups in total. The molecule has 5 heteroatoms. The summed E-state index contributed by atoms with van der Waals surface area (Å²) in [5.74, 6) is 0.672. The van der Waals surface area contributed by atoms with Crippen LogP contribution in [0.2, 0.25) is 5.02 Å². The van der Waals surface area contributed by atoms with Crippen LogP contribution in [0.5, 0.6) is 5.75 Å². The van der Waals surface area contributed by atoms with Crippen molar-refractivity contribution in [1.82, 2.24) is 0 Å². The molecule has 0 aliphatic heterocycles. The van der Waals surface area contributed by atoms with Crippen LogP contribution >= 0.6 is 39.9 Å². The highest BCUT2D eigenvalue weighted by Gasteiger charge is 2.26. The van der Waals surface area contributed by atoms with E-state index in [2.05, 4.69) is 15.9 Å². The molecule has 17 heavy (non-hydrogen) atoms.